The fourth-order valence-corrected chi connectivity index (χ4v) is 2.74. The lowest BCUT2D eigenvalue weighted by Gasteiger charge is -2.23. The van der Waals surface area contributed by atoms with Crippen LogP contribution in [-0.2, 0) is 11.2 Å². The lowest BCUT2D eigenvalue weighted by molar-refractivity contribution is -0.126. The molecule has 0 spiro atoms. The second-order valence-corrected chi connectivity index (χ2v) is 6.15. The number of aromatic nitrogens is 1. The molecular formula is C16H20N2OS. The van der Waals surface area contributed by atoms with Crippen molar-refractivity contribution in [1.82, 2.24) is 4.98 Å². The molecule has 2 rings (SSSR count). The number of nitrogens with two attached hydrogens (primary N) is 1. The zero-order chi connectivity index (χ0) is 14.6. The van der Waals surface area contributed by atoms with Crippen LogP contribution in [0.15, 0.2) is 35.7 Å². The van der Waals surface area contributed by atoms with Gasteiger partial charge in [-0.15, -0.1) is 11.3 Å². The Morgan fingerprint density at radius 1 is 1.35 bits per heavy atom. The third-order valence-electron chi connectivity index (χ3n) is 3.84. The molecule has 3 nitrogen and oxygen atoms in total. The lowest BCUT2D eigenvalue weighted by atomic mass is 9.82. The highest BCUT2D eigenvalue weighted by atomic mass is 32.1. The minimum absolute atomic E-state index is 0.177. The van der Waals surface area contributed by atoms with Crippen LogP contribution in [0, 0.1) is 5.41 Å². The van der Waals surface area contributed by atoms with Crippen molar-refractivity contribution in [2.75, 3.05) is 6.54 Å². The minimum atomic E-state index is -0.432. The number of nitrogens with zero attached hydrogens (tertiary/aromatic N) is 1. The van der Waals surface area contributed by atoms with Gasteiger partial charge in [0.25, 0.3) is 0 Å². The molecule has 1 heterocycles. The molecule has 0 fully saturated rings. The van der Waals surface area contributed by atoms with E-state index in [1.165, 1.54) is 11.3 Å². The number of hydrogen-bond donors (Lipinski definition) is 1. The van der Waals surface area contributed by atoms with E-state index >= 15 is 0 Å². The van der Waals surface area contributed by atoms with E-state index in [2.05, 4.69) is 4.98 Å². The summed E-state index contributed by atoms with van der Waals surface area (Å²) in [5.74, 6) is 0.177. The Balaban J connectivity index is 2.13. The van der Waals surface area contributed by atoms with E-state index in [9.17, 15) is 4.79 Å². The molecule has 0 aliphatic heterocycles. The summed E-state index contributed by atoms with van der Waals surface area (Å²) in [7, 11) is 0. The standard InChI is InChI=1S/C16H20N2OS/c1-3-16(2,11-17)14(19)9-15-18-13(10-20-15)12-7-5-4-6-8-12/h4-8,10H,3,9,11,17H2,1-2H3. The van der Waals surface area contributed by atoms with Gasteiger partial charge in [-0.3, -0.25) is 4.79 Å². The van der Waals surface area contributed by atoms with Crippen molar-refractivity contribution in [2.24, 2.45) is 11.1 Å². The van der Waals surface area contributed by atoms with Crippen molar-refractivity contribution < 1.29 is 4.79 Å². The zero-order valence-electron chi connectivity index (χ0n) is 11.9. The van der Waals surface area contributed by atoms with Gasteiger partial charge >= 0.3 is 0 Å². The third-order valence-corrected chi connectivity index (χ3v) is 4.69. The van der Waals surface area contributed by atoms with E-state index in [1.807, 2.05) is 49.6 Å². The topological polar surface area (TPSA) is 56.0 Å². The van der Waals surface area contributed by atoms with Crippen LogP contribution < -0.4 is 5.73 Å². The molecule has 0 saturated carbocycles. The van der Waals surface area contributed by atoms with Crippen LogP contribution in [0.3, 0.4) is 0 Å². The Hall–Kier alpha value is -1.52. The van der Waals surface area contributed by atoms with E-state index in [4.69, 9.17) is 5.73 Å². The summed E-state index contributed by atoms with van der Waals surface area (Å²) in [5.41, 5.74) is 7.32. The first-order valence-electron chi connectivity index (χ1n) is 6.82. The van der Waals surface area contributed by atoms with E-state index < -0.39 is 5.41 Å². The van der Waals surface area contributed by atoms with Crippen LogP contribution in [0.2, 0.25) is 0 Å². The van der Waals surface area contributed by atoms with Crippen molar-refractivity contribution >= 4 is 17.1 Å². The smallest absolute Gasteiger partial charge is 0.146 e. The Labute approximate surface area is 123 Å². The van der Waals surface area contributed by atoms with Crippen molar-refractivity contribution in [3.63, 3.8) is 0 Å². The summed E-state index contributed by atoms with van der Waals surface area (Å²) < 4.78 is 0. The summed E-state index contributed by atoms with van der Waals surface area (Å²) >= 11 is 1.54. The molecule has 0 aliphatic rings. The highest BCUT2D eigenvalue weighted by Crippen LogP contribution is 2.26. The van der Waals surface area contributed by atoms with Crippen LogP contribution in [-0.4, -0.2) is 17.3 Å². The quantitative estimate of drug-likeness (QED) is 0.887. The molecule has 20 heavy (non-hydrogen) atoms. The van der Waals surface area contributed by atoms with Crippen LogP contribution in [0.1, 0.15) is 25.3 Å². The molecule has 4 heteroatoms. The predicted octanol–water partition coefficient (Wildman–Crippen LogP) is 3.30. The highest BCUT2D eigenvalue weighted by molar-refractivity contribution is 7.10. The van der Waals surface area contributed by atoms with E-state index in [0.717, 1.165) is 22.7 Å². The molecule has 1 atom stereocenters. The van der Waals surface area contributed by atoms with Gasteiger partial charge in [-0.1, -0.05) is 44.2 Å². The first-order valence-corrected chi connectivity index (χ1v) is 7.70. The molecule has 106 valence electrons. The van der Waals surface area contributed by atoms with Crippen molar-refractivity contribution in [3.05, 3.63) is 40.7 Å². The number of Topliss-reactive ketones (excluding diaryl/α,β-unsaturated/α-hetero) is 1. The molecule has 0 aliphatic carbocycles. The number of carbonyl (C=O) groups excluding carboxylic acids is 1. The average Bonchev–Trinajstić information content (AvgIpc) is 2.95. The Morgan fingerprint density at radius 3 is 2.65 bits per heavy atom. The monoisotopic (exact) mass is 288 g/mol. The number of carbonyl (C=O) groups is 1. The maximum absolute atomic E-state index is 12.3. The highest BCUT2D eigenvalue weighted by Gasteiger charge is 2.29. The molecule has 0 amide bonds. The average molecular weight is 288 g/mol. The van der Waals surface area contributed by atoms with Crippen LogP contribution in [0.5, 0.6) is 0 Å². The summed E-state index contributed by atoms with van der Waals surface area (Å²) in [6.07, 6.45) is 1.14. The van der Waals surface area contributed by atoms with Crippen LogP contribution in [0.25, 0.3) is 11.3 Å². The minimum Gasteiger partial charge on any atom is -0.329 e. The van der Waals surface area contributed by atoms with E-state index in [0.29, 0.717) is 13.0 Å². The summed E-state index contributed by atoms with van der Waals surface area (Å²) in [6, 6.07) is 10.0. The molecule has 1 unspecified atom stereocenters. The lowest BCUT2D eigenvalue weighted by Crippen LogP contribution is -2.36. The Kier molecular flexibility index (Phi) is 4.68. The first-order chi connectivity index (χ1) is 9.59. The maximum atomic E-state index is 12.3. The van der Waals surface area contributed by atoms with Gasteiger partial charge in [0.05, 0.1) is 12.1 Å². The summed E-state index contributed by atoms with van der Waals surface area (Å²) in [6.45, 7) is 4.32. The molecule has 0 radical (unpaired) electrons. The number of benzene rings is 1. The molecule has 2 N–H and O–H groups in total. The molecule has 1 aromatic carbocycles. The fraction of sp³-hybridized carbons (Fsp3) is 0.375. The SMILES string of the molecule is CCC(C)(CN)C(=O)Cc1nc(-c2ccccc2)cs1. The maximum Gasteiger partial charge on any atom is 0.146 e. The number of rotatable bonds is 6. The number of hydrogen-bond acceptors (Lipinski definition) is 4. The van der Waals surface area contributed by atoms with Crippen molar-refractivity contribution in [2.45, 2.75) is 26.7 Å². The van der Waals surface area contributed by atoms with Gasteiger partial charge in [0, 0.05) is 22.9 Å². The van der Waals surface area contributed by atoms with Gasteiger partial charge in [-0.2, -0.15) is 0 Å². The van der Waals surface area contributed by atoms with Gasteiger partial charge in [0.2, 0.25) is 0 Å². The molecule has 0 bridgehead atoms. The van der Waals surface area contributed by atoms with Gasteiger partial charge in [0.1, 0.15) is 10.8 Å². The second kappa shape index (κ2) is 6.29. The Bertz CT molecular complexity index is 573. The summed E-state index contributed by atoms with van der Waals surface area (Å²) in [4.78, 5) is 16.9. The van der Waals surface area contributed by atoms with Gasteiger partial charge < -0.3 is 5.73 Å². The first kappa shape index (κ1) is 14.9. The van der Waals surface area contributed by atoms with Crippen molar-refractivity contribution in [1.29, 1.82) is 0 Å². The van der Waals surface area contributed by atoms with E-state index in [-0.39, 0.29) is 5.78 Å². The molecule has 0 saturated heterocycles. The molecular weight excluding hydrogens is 268 g/mol. The van der Waals surface area contributed by atoms with Crippen LogP contribution >= 0.6 is 11.3 Å². The van der Waals surface area contributed by atoms with Gasteiger partial charge in [0.15, 0.2) is 0 Å². The molecule has 1 aromatic heterocycles. The normalized spacial score (nSPS) is 13.9. The van der Waals surface area contributed by atoms with Gasteiger partial charge in [-0.25, -0.2) is 4.98 Å². The number of thiazole rings is 1. The van der Waals surface area contributed by atoms with Crippen molar-refractivity contribution in [3.8, 4) is 11.3 Å². The van der Waals surface area contributed by atoms with Gasteiger partial charge in [-0.05, 0) is 6.42 Å². The second-order valence-electron chi connectivity index (χ2n) is 5.21. The van der Waals surface area contributed by atoms with E-state index in [1.54, 1.807) is 0 Å². The third kappa shape index (κ3) is 3.14. The molecule has 2 aromatic rings. The Morgan fingerprint density at radius 2 is 2.05 bits per heavy atom. The largest absolute Gasteiger partial charge is 0.329 e. The number of ketones is 1. The fourth-order valence-electron chi connectivity index (χ4n) is 1.94. The van der Waals surface area contributed by atoms with Crippen LogP contribution in [0.4, 0.5) is 0 Å². The summed E-state index contributed by atoms with van der Waals surface area (Å²) in [5, 5.41) is 2.87. The predicted molar refractivity (Wildman–Crippen MR) is 83.7 cm³/mol. The zero-order valence-corrected chi connectivity index (χ0v) is 12.7.